The van der Waals surface area contributed by atoms with E-state index < -0.39 is 11.7 Å². The molecular formula is C9H6FN3OS. The summed E-state index contributed by atoms with van der Waals surface area (Å²) in [4.78, 5) is 19.0. The molecule has 2 heterocycles. The summed E-state index contributed by atoms with van der Waals surface area (Å²) in [6.45, 7) is 0. The monoisotopic (exact) mass is 223 g/mol. The lowest BCUT2D eigenvalue weighted by Gasteiger charge is -2.00. The first-order chi connectivity index (χ1) is 7.27. The predicted octanol–water partition coefficient (Wildman–Crippen LogP) is 1.93. The maximum atomic E-state index is 13.1. The van der Waals surface area contributed by atoms with E-state index in [1.54, 1.807) is 11.6 Å². The molecular weight excluding hydrogens is 217 g/mol. The second kappa shape index (κ2) is 4.14. The van der Waals surface area contributed by atoms with E-state index in [0.29, 0.717) is 5.13 Å². The molecule has 1 amide bonds. The first-order valence-electron chi connectivity index (χ1n) is 4.09. The minimum Gasteiger partial charge on any atom is -0.296 e. The SMILES string of the molecule is O=C(Nc1nccs1)c1ncccc1F. The Morgan fingerprint density at radius 3 is 2.93 bits per heavy atom. The van der Waals surface area contributed by atoms with Gasteiger partial charge in [0.1, 0.15) is 0 Å². The molecule has 76 valence electrons. The van der Waals surface area contributed by atoms with Crippen molar-refractivity contribution in [3.05, 3.63) is 41.4 Å². The number of halogens is 1. The molecule has 0 bridgehead atoms. The molecule has 0 unspecified atom stereocenters. The zero-order valence-corrected chi connectivity index (χ0v) is 8.29. The molecule has 2 aromatic heterocycles. The van der Waals surface area contributed by atoms with Crippen molar-refractivity contribution >= 4 is 22.4 Å². The van der Waals surface area contributed by atoms with Gasteiger partial charge in [0.2, 0.25) is 0 Å². The minimum absolute atomic E-state index is 0.229. The van der Waals surface area contributed by atoms with Crippen molar-refractivity contribution in [2.24, 2.45) is 0 Å². The smallest absolute Gasteiger partial charge is 0.279 e. The summed E-state index contributed by atoms with van der Waals surface area (Å²) in [5, 5.41) is 4.58. The topological polar surface area (TPSA) is 54.9 Å². The number of carbonyl (C=O) groups is 1. The Morgan fingerprint density at radius 1 is 1.40 bits per heavy atom. The van der Waals surface area contributed by atoms with Crippen LogP contribution in [0.4, 0.5) is 9.52 Å². The molecule has 0 aliphatic rings. The molecule has 4 nitrogen and oxygen atoms in total. The fraction of sp³-hybridized carbons (Fsp3) is 0. The van der Waals surface area contributed by atoms with Crippen LogP contribution in [0.2, 0.25) is 0 Å². The molecule has 0 fully saturated rings. The molecule has 6 heteroatoms. The Morgan fingerprint density at radius 2 is 2.27 bits per heavy atom. The molecule has 0 atom stereocenters. The van der Waals surface area contributed by atoms with Crippen LogP contribution in [0.5, 0.6) is 0 Å². The molecule has 0 radical (unpaired) electrons. The van der Waals surface area contributed by atoms with Gasteiger partial charge in [-0.25, -0.2) is 14.4 Å². The first-order valence-corrected chi connectivity index (χ1v) is 4.96. The van der Waals surface area contributed by atoms with Crippen molar-refractivity contribution in [2.45, 2.75) is 0 Å². The van der Waals surface area contributed by atoms with Crippen LogP contribution < -0.4 is 5.32 Å². The summed E-state index contributed by atoms with van der Waals surface area (Å²) in [6.07, 6.45) is 2.91. The summed E-state index contributed by atoms with van der Waals surface area (Å²) in [5.41, 5.74) is -0.229. The van der Waals surface area contributed by atoms with Gasteiger partial charge in [0.25, 0.3) is 5.91 Å². The van der Waals surface area contributed by atoms with Gasteiger partial charge in [0.05, 0.1) is 0 Å². The van der Waals surface area contributed by atoms with Crippen molar-refractivity contribution in [1.82, 2.24) is 9.97 Å². The summed E-state index contributed by atoms with van der Waals surface area (Å²) < 4.78 is 13.1. The van der Waals surface area contributed by atoms with Gasteiger partial charge in [-0.2, -0.15) is 0 Å². The maximum absolute atomic E-state index is 13.1. The van der Waals surface area contributed by atoms with E-state index in [-0.39, 0.29) is 5.69 Å². The van der Waals surface area contributed by atoms with Crippen molar-refractivity contribution in [3.63, 3.8) is 0 Å². The third kappa shape index (κ3) is 2.16. The third-order valence-corrected chi connectivity index (χ3v) is 2.31. The largest absolute Gasteiger partial charge is 0.296 e. The van der Waals surface area contributed by atoms with Crippen LogP contribution in [0, 0.1) is 5.82 Å². The number of nitrogens with zero attached hydrogens (tertiary/aromatic N) is 2. The average Bonchev–Trinajstić information content (AvgIpc) is 2.71. The standard InChI is InChI=1S/C9H6FN3OS/c10-6-2-1-3-11-7(6)8(14)13-9-12-4-5-15-9/h1-5H,(H,12,13,14). The molecule has 15 heavy (non-hydrogen) atoms. The highest BCUT2D eigenvalue weighted by atomic mass is 32.1. The quantitative estimate of drug-likeness (QED) is 0.846. The maximum Gasteiger partial charge on any atom is 0.279 e. The zero-order chi connectivity index (χ0) is 10.7. The Bertz CT molecular complexity index is 472. The number of thiazole rings is 1. The van der Waals surface area contributed by atoms with Crippen LogP contribution in [0.15, 0.2) is 29.9 Å². The van der Waals surface area contributed by atoms with Crippen LogP contribution >= 0.6 is 11.3 Å². The second-order valence-corrected chi connectivity index (χ2v) is 3.52. The van der Waals surface area contributed by atoms with Gasteiger partial charge in [-0.05, 0) is 12.1 Å². The van der Waals surface area contributed by atoms with Gasteiger partial charge < -0.3 is 0 Å². The van der Waals surface area contributed by atoms with Crippen molar-refractivity contribution in [1.29, 1.82) is 0 Å². The lowest BCUT2D eigenvalue weighted by atomic mass is 10.3. The Labute approximate surface area is 88.8 Å². The fourth-order valence-corrected chi connectivity index (χ4v) is 1.52. The zero-order valence-electron chi connectivity index (χ0n) is 7.48. The fourth-order valence-electron chi connectivity index (χ4n) is 0.994. The number of anilines is 1. The number of hydrogen-bond acceptors (Lipinski definition) is 4. The highest BCUT2D eigenvalue weighted by Crippen LogP contribution is 2.12. The lowest BCUT2D eigenvalue weighted by molar-refractivity contribution is 0.101. The second-order valence-electron chi connectivity index (χ2n) is 2.63. The molecule has 0 saturated carbocycles. The first kappa shape index (κ1) is 9.72. The number of nitrogens with one attached hydrogen (secondary N) is 1. The molecule has 0 aliphatic carbocycles. The highest BCUT2D eigenvalue weighted by Gasteiger charge is 2.13. The van der Waals surface area contributed by atoms with Crippen LogP contribution in [-0.4, -0.2) is 15.9 Å². The summed E-state index contributed by atoms with van der Waals surface area (Å²) in [7, 11) is 0. The van der Waals surface area contributed by atoms with E-state index in [1.807, 2.05) is 0 Å². The van der Waals surface area contributed by atoms with Crippen LogP contribution in [0.3, 0.4) is 0 Å². The molecule has 0 saturated heterocycles. The van der Waals surface area contributed by atoms with Gasteiger partial charge >= 0.3 is 0 Å². The number of amides is 1. The van der Waals surface area contributed by atoms with Crippen molar-refractivity contribution in [3.8, 4) is 0 Å². The third-order valence-electron chi connectivity index (χ3n) is 1.63. The average molecular weight is 223 g/mol. The molecule has 2 aromatic rings. The molecule has 0 spiro atoms. The Hall–Kier alpha value is -1.82. The summed E-state index contributed by atoms with van der Waals surface area (Å²) in [5.74, 6) is -1.24. The van der Waals surface area contributed by atoms with Gasteiger partial charge in [-0.15, -0.1) is 11.3 Å². The molecule has 2 rings (SSSR count). The van der Waals surface area contributed by atoms with Gasteiger partial charge in [0, 0.05) is 17.8 Å². The van der Waals surface area contributed by atoms with Gasteiger partial charge in [0.15, 0.2) is 16.6 Å². The van der Waals surface area contributed by atoms with Crippen LogP contribution in [-0.2, 0) is 0 Å². The minimum atomic E-state index is -0.647. The lowest BCUT2D eigenvalue weighted by Crippen LogP contribution is -2.15. The molecule has 1 N–H and O–H groups in total. The van der Waals surface area contributed by atoms with Crippen LogP contribution in [0.1, 0.15) is 10.5 Å². The predicted molar refractivity (Wildman–Crippen MR) is 54.3 cm³/mol. The normalized spacial score (nSPS) is 9.93. The number of hydrogen-bond donors (Lipinski definition) is 1. The van der Waals surface area contributed by atoms with E-state index in [9.17, 15) is 9.18 Å². The number of rotatable bonds is 2. The summed E-state index contributed by atoms with van der Waals surface area (Å²) >= 11 is 1.26. The Balaban J connectivity index is 2.19. The summed E-state index contributed by atoms with van der Waals surface area (Å²) in [6, 6.07) is 2.61. The molecule has 0 aliphatic heterocycles. The van der Waals surface area contributed by atoms with E-state index in [2.05, 4.69) is 15.3 Å². The number of pyridine rings is 1. The van der Waals surface area contributed by atoms with E-state index in [0.717, 1.165) is 0 Å². The van der Waals surface area contributed by atoms with Gasteiger partial charge in [-0.3, -0.25) is 10.1 Å². The van der Waals surface area contributed by atoms with Crippen LogP contribution in [0.25, 0.3) is 0 Å². The van der Waals surface area contributed by atoms with E-state index in [4.69, 9.17) is 0 Å². The van der Waals surface area contributed by atoms with Crippen molar-refractivity contribution in [2.75, 3.05) is 5.32 Å². The Kier molecular flexibility index (Phi) is 2.68. The molecule has 0 aromatic carbocycles. The number of carbonyl (C=O) groups excluding carboxylic acids is 1. The van der Waals surface area contributed by atoms with E-state index in [1.165, 1.54) is 29.7 Å². The highest BCUT2D eigenvalue weighted by molar-refractivity contribution is 7.13. The van der Waals surface area contributed by atoms with E-state index >= 15 is 0 Å². The van der Waals surface area contributed by atoms with Crippen molar-refractivity contribution < 1.29 is 9.18 Å². The number of aromatic nitrogens is 2. The van der Waals surface area contributed by atoms with Gasteiger partial charge in [-0.1, -0.05) is 0 Å².